The number of benzene rings is 3. The Morgan fingerprint density at radius 1 is 0.906 bits per heavy atom. The molecule has 0 bridgehead atoms. The molecule has 0 heterocycles. The molecule has 0 spiro atoms. The van der Waals surface area contributed by atoms with E-state index >= 15 is 0 Å². The van der Waals surface area contributed by atoms with Gasteiger partial charge in [-0.05, 0) is 66.6 Å². The van der Waals surface area contributed by atoms with Crippen LogP contribution in [0.3, 0.4) is 0 Å². The molecular weight excluding hydrogens is 400 g/mol. The lowest BCUT2D eigenvalue weighted by Crippen LogP contribution is -2.13. The van der Waals surface area contributed by atoms with Crippen LogP contribution in [0.4, 0.5) is 0 Å². The number of carbonyl (C=O) groups is 1. The number of aliphatic hydroxyl groups excluding tert-OH is 1. The van der Waals surface area contributed by atoms with E-state index in [4.69, 9.17) is 9.47 Å². The number of aryl methyl sites for hydroxylation is 2. The van der Waals surface area contributed by atoms with Crippen LogP contribution in [0.1, 0.15) is 23.6 Å². The number of carbonyl (C=O) groups excluding carboxylic acids is 1. The Hall–Kier alpha value is -3.37. The highest BCUT2D eigenvalue weighted by molar-refractivity contribution is 5.86. The maximum Gasteiger partial charge on any atom is 0.333 e. The quantitative estimate of drug-likeness (QED) is 0.270. The van der Waals surface area contributed by atoms with Gasteiger partial charge in [-0.2, -0.15) is 0 Å². The molecule has 0 atom stereocenters. The highest BCUT2D eigenvalue weighted by atomic mass is 16.6. The predicted octanol–water partition coefficient (Wildman–Crippen LogP) is 5.67. The zero-order chi connectivity index (χ0) is 23.1. The van der Waals surface area contributed by atoms with E-state index in [-0.39, 0.29) is 19.8 Å². The van der Waals surface area contributed by atoms with Crippen LogP contribution < -0.4 is 4.74 Å². The minimum absolute atomic E-state index is 0.0324. The molecule has 0 radical (unpaired) electrons. The molecule has 3 aromatic rings. The molecule has 1 N–H and O–H groups in total. The van der Waals surface area contributed by atoms with Crippen LogP contribution in [-0.2, 0) is 16.0 Å². The molecule has 0 saturated carbocycles. The van der Waals surface area contributed by atoms with Gasteiger partial charge in [0.05, 0.1) is 0 Å². The summed E-state index contributed by atoms with van der Waals surface area (Å²) < 4.78 is 11.0. The SMILES string of the molecule is C=C(C)C(=O)OCCOc1cc(-c2ccc(-c3ccc(C)cc3)cc2C)ccc1CCO. The Labute approximate surface area is 190 Å². The number of hydrogen-bond acceptors (Lipinski definition) is 4. The summed E-state index contributed by atoms with van der Waals surface area (Å²) in [5, 5.41) is 9.40. The molecule has 4 nitrogen and oxygen atoms in total. The third-order valence-electron chi connectivity index (χ3n) is 5.29. The minimum Gasteiger partial charge on any atom is -0.490 e. The van der Waals surface area contributed by atoms with Gasteiger partial charge in [0.1, 0.15) is 19.0 Å². The molecule has 0 aliphatic rings. The summed E-state index contributed by atoms with van der Waals surface area (Å²) >= 11 is 0. The van der Waals surface area contributed by atoms with Crippen LogP contribution in [0.2, 0.25) is 0 Å². The first-order valence-corrected chi connectivity index (χ1v) is 10.8. The van der Waals surface area contributed by atoms with Crippen LogP contribution in [0.5, 0.6) is 5.75 Å². The smallest absolute Gasteiger partial charge is 0.333 e. The van der Waals surface area contributed by atoms with Crippen LogP contribution >= 0.6 is 0 Å². The lowest BCUT2D eigenvalue weighted by Gasteiger charge is -2.15. The first-order chi connectivity index (χ1) is 15.4. The number of esters is 1. The van der Waals surface area contributed by atoms with Crippen molar-refractivity contribution in [3.8, 4) is 28.0 Å². The lowest BCUT2D eigenvalue weighted by molar-refractivity contribution is -0.139. The van der Waals surface area contributed by atoms with E-state index in [0.29, 0.717) is 17.7 Å². The van der Waals surface area contributed by atoms with Gasteiger partial charge in [0.2, 0.25) is 0 Å². The van der Waals surface area contributed by atoms with Gasteiger partial charge in [-0.1, -0.05) is 66.7 Å². The molecule has 0 aliphatic carbocycles. The van der Waals surface area contributed by atoms with Crippen molar-refractivity contribution < 1.29 is 19.4 Å². The van der Waals surface area contributed by atoms with Crippen molar-refractivity contribution in [3.05, 3.63) is 89.5 Å². The number of aliphatic hydroxyl groups is 1. The highest BCUT2D eigenvalue weighted by Gasteiger charge is 2.10. The van der Waals surface area contributed by atoms with Gasteiger partial charge in [-0.25, -0.2) is 4.79 Å². The van der Waals surface area contributed by atoms with E-state index in [1.54, 1.807) is 6.92 Å². The maximum absolute atomic E-state index is 11.5. The number of rotatable bonds is 9. The van der Waals surface area contributed by atoms with Crippen molar-refractivity contribution >= 4 is 5.97 Å². The zero-order valence-corrected chi connectivity index (χ0v) is 19.0. The van der Waals surface area contributed by atoms with Gasteiger partial charge in [-0.15, -0.1) is 0 Å². The normalized spacial score (nSPS) is 10.6. The monoisotopic (exact) mass is 430 g/mol. The fourth-order valence-electron chi connectivity index (χ4n) is 3.51. The second-order valence-electron chi connectivity index (χ2n) is 7.96. The summed E-state index contributed by atoms with van der Waals surface area (Å²) in [5.41, 5.74) is 8.21. The Morgan fingerprint density at radius 3 is 2.25 bits per heavy atom. The molecule has 0 unspecified atom stereocenters. The first kappa shape index (κ1) is 23.3. The minimum atomic E-state index is -0.428. The Kier molecular flexibility index (Phi) is 7.85. The highest BCUT2D eigenvalue weighted by Crippen LogP contribution is 2.32. The van der Waals surface area contributed by atoms with Crippen molar-refractivity contribution in [2.24, 2.45) is 0 Å². The summed E-state index contributed by atoms with van der Waals surface area (Å²) in [7, 11) is 0. The molecule has 0 amide bonds. The molecule has 0 aliphatic heterocycles. The standard InChI is InChI=1S/C28H30O4/c1-19(2)28(30)32-16-15-31-27-18-25(10-9-23(27)13-14-29)26-12-11-24(17-21(26)4)22-7-5-20(3)6-8-22/h5-12,17-18,29H,1,13-16H2,2-4H3. The van der Waals surface area contributed by atoms with Gasteiger partial charge in [0.25, 0.3) is 0 Å². The average Bonchev–Trinajstić information content (AvgIpc) is 2.78. The Balaban J connectivity index is 1.81. The second kappa shape index (κ2) is 10.8. The van der Waals surface area contributed by atoms with E-state index < -0.39 is 5.97 Å². The molecule has 4 heteroatoms. The second-order valence-corrected chi connectivity index (χ2v) is 7.96. The molecule has 3 rings (SSSR count). The van der Waals surface area contributed by atoms with Crippen LogP contribution in [0.25, 0.3) is 22.3 Å². The number of hydrogen-bond donors (Lipinski definition) is 1. The summed E-state index contributed by atoms with van der Waals surface area (Å²) in [6, 6.07) is 21.0. The third kappa shape index (κ3) is 5.86. The summed E-state index contributed by atoms with van der Waals surface area (Å²) in [4.78, 5) is 11.5. The molecule has 0 fully saturated rings. The third-order valence-corrected chi connectivity index (χ3v) is 5.29. The molecule has 3 aromatic carbocycles. The fraction of sp³-hybridized carbons (Fsp3) is 0.250. The summed E-state index contributed by atoms with van der Waals surface area (Å²) in [5.74, 6) is 0.257. The van der Waals surface area contributed by atoms with Gasteiger partial charge in [0.15, 0.2) is 0 Å². The molecule has 0 saturated heterocycles. The van der Waals surface area contributed by atoms with Crippen LogP contribution in [-0.4, -0.2) is 30.9 Å². The van der Waals surface area contributed by atoms with E-state index in [0.717, 1.165) is 16.7 Å². The van der Waals surface area contributed by atoms with E-state index in [2.05, 4.69) is 62.9 Å². The van der Waals surface area contributed by atoms with Crippen LogP contribution in [0.15, 0.2) is 72.8 Å². The first-order valence-electron chi connectivity index (χ1n) is 10.8. The molecule has 32 heavy (non-hydrogen) atoms. The van der Waals surface area contributed by atoms with Crippen molar-refractivity contribution in [1.82, 2.24) is 0 Å². The van der Waals surface area contributed by atoms with Crippen LogP contribution in [0, 0.1) is 13.8 Å². The summed E-state index contributed by atoms with van der Waals surface area (Å²) in [6.45, 7) is 9.77. The lowest BCUT2D eigenvalue weighted by atomic mass is 9.94. The van der Waals surface area contributed by atoms with Crippen molar-refractivity contribution in [3.63, 3.8) is 0 Å². The van der Waals surface area contributed by atoms with Gasteiger partial charge in [0, 0.05) is 12.2 Å². The maximum atomic E-state index is 11.5. The Morgan fingerprint density at radius 2 is 1.59 bits per heavy atom. The van der Waals surface area contributed by atoms with Gasteiger partial charge < -0.3 is 14.6 Å². The topological polar surface area (TPSA) is 55.8 Å². The fourth-order valence-corrected chi connectivity index (χ4v) is 3.51. The van der Waals surface area contributed by atoms with Crippen molar-refractivity contribution in [1.29, 1.82) is 0 Å². The summed E-state index contributed by atoms with van der Waals surface area (Å²) in [6.07, 6.45) is 0.493. The van der Waals surface area contributed by atoms with Gasteiger partial charge >= 0.3 is 5.97 Å². The van der Waals surface area contributed by atoms with E-state index in [9.17, 15) is 9.90 Å². The van der Waals surface area contributed by atoms with Crippen molar-refractivity contribution in [2.75, 3.05) is 19.8 Å². The largest absolute Gasteiger partial charge is 0.490 e. The zero-order valence-electron chi connectivity index (χ0n) is 19.0. The van der Waals surface area contributed by atoms with Crippen molar-refractivity contribution in [2.45, 2.75) is 27.2 Å². The van der Waals surface area contributed by atoms with E-state index in [1.165, 1.54) is 22.3 Å². The molecule has 166 valence electrons. The molecule has 0 aromatic heterocycles. The predicted molar refractivity (Wildman–Crippen MR) is 129 cm³/mol. The number of ether oxygens (including phenoxy) is 2. The Bertz CT molecular complexity index is 1100. The molecular formula is C28H30O4. The van der Waals surface area contributed by atoms with Gasteiger partial charge in [-0.3, -0.25) is 0 Å². The van der Waals surface area contributed by atoms with E-state index in [1.807, 2.05) is 18.2 Å². The average molecular weight is 431 g/mol.